The van der Waals surface area contributed by atoms with Crippen molar-refractivity contribution in [1.29, 1.82) is 0 Å². The van der Waals surface area contributed by atoms with Crippen molar-refractivity contribution < 1.29 is 19.1 Å². The maximum absolute atomic E-state index is 12.2. The molecular formula is C26H23BrCl2N2O4S. The zero-order chi connectivity index (χ0) is 26.1. The minimum Gasteiger partial charge on any atom is -0.456 e. The highest BCUT2D eigenvalue weighted by Gasteiger charge is 2.12. The number of halogens is 3. The molecular weight excluding hydrogens is 587 g/mol. The summed E-state index contributed by atoms with van der Waals surface area (Å²) in [6.07, 6.45) is 0.484. The Morgan fingerprint density at radius 2 is 1.50 bits per heavy atom. The normalized spacial score (nSPS) is 10.6. The van der Waals surface area contributed by atoms with Gasteiger partial charge in [0.2, 0.25) is 5.91 Å². The molecule has 0 spiro atoms. The zero-order valence-corrected chi connectivity index (χ0v) is 23.2. The summed E-state index contributed by atoms with van der Waals surface area (Å²) in [7, 11) is 0. The molecule has 6 nitrogen and oxygen atoms in total. The van der Waals surface area contributed by atoms with Gasteiger partial charge in [0.25, 0.3) is 5.91 Å². The Balaban J connectivity index is 1.34. The van der Waals surface area contributed by atoms with E-state index in [1.807, 2.05) is 48.5 Å². The van der Waals surface area contributed by atoms with Gasteiger partial charge in [-0.05, 0) is 95.5 Å². The first kappa shape index (κ1) is 28.1. The second-order valence-corrected chi connectivity index (χ2v) is 10.5. The van der Waals surface area contributed by atoms with E-state index in [9.17, 15) is 14.4 Å². The number of hydrogen-bond acceptors (Lipinski definition) is 5. The molecule has 0 bridgehead atoms. The second kappa shape index (κ2) is 13.7. The fourth-order valence-electron chi connectivity index (χ4n) is 3.05. The van der Waals surface area contributed by atoms with Crippen LogP contribution in [0.15, 0.2) is 74.9 Å². The lowest BCUT2D eigenvalue weighted by Crippen LogP contribution is -2.21. The summed E-state index contributed by atoms with van der Waals surface area (Å²) in [5.41, 5.74) is 1.91. The summed E-state index contributed by atoms with van der Waals surface area (Å²) in [6, 6.07) is 18.5. The molecule has 2 N–H and O–H groups in total. The summed E-state index contributed by atoms with van der Waals surface area (Å²) < 4.78 is 5.73. The Kier molecular flexibility index (Phi) is 10.7. The van der Waals surface area contributed by atoms with Crippen molar-refractivity contribution in [3.05, 3.63) is 80.7 Å². The van der Waals surface area contributed by atoms with E-state index in [1.54, 1.807) is 30.8 Å². The zero-order valence-electron chi connectivity index (χ0n) is 19.3. The van der Waals surface area contributed by atoms with Gasteiger partial charge in [-0.3, -0.25) is 14.4 Å². The van der Waals surface area contributed by atoms with Gasteiger partial charge in [0.05, 0.1) is 5.02 Å². The van der Waals surface area contributed by atoms with Crippen LogP contribution in [0, 0.1) is 6.92 Å². The maximum Gasteiger partial charge on any atom is 0.306 e. The third-order valence-electron chi connectivity index (χ3n) is 4.95. The largest absolute Gasteiger partial charge is 0.456 e. The molecule has 3 rings (SSSR count). The number of ether oxygens (including phenoxy) is 1. The first-order valence-corrected chi connectivity index (χ1v) is 13.3. The van der Waals surface area contributed by atoms with Crippen LogP contribution >= 0.6 is 50.9 Å². The third-order valence-corrected chi connectivity index (χ3v) is 7.59. The number of esters is 1. The van der Waals surface area contributed by atoms with Crippen LogP contribution in [0.4, 0.5) is 11.4 Å². The third kappa shape index (κ3) is 8.85. The van der Waals surface area contributed by atoms with E-state index in [0.717, 1.165) is 14.3 Å². The predicted octanol–water partition coefficient (Wildman–Crippen LogP) is 7.51. The monoisotopic (exact) mass is 608 g/mol. The molecule has 36 heavy (non-hydrogen) atoms. The van der Waals surface area contributed by atoms with Crippen molar-refractivity contribution in [2.24, 2.45) is 0 Å². The van der Waals surface area contributed by atoms with Crippen LogP contribution in [-0.2, 0) is 19.1 Å². The molecule has 0 aromatic heterocycles. The molecule has 2 amide bonds. The van der Waals surface area contributed by atoms with Gasteiger partial charge in [-0.25, -0.2) is 0 Å². The smallest absolute Gasteiger partial charge is 0.306 e. The van der Waals surface area contributed by atoms with Crippen LogP contribution in [0.1, 0.15) is 24.8 Å². The van der Waals surface area contributed by atoms with Gasteiger partial charge in [0, 0.05) is 43.5 Å². The standard InChI is InChI=1S/C26H23BrCl2N2O4S/c1-16-22(14-13-21(27)26(16)29)31-24(33)15-35-25(34)4-2-3-23(32)30-18-7-11-20(12-8-18)36-19-9-5-17(28)6-10-19/h5-14H,2-4,15H2,1H3,(H,30,32)(H,31,33). The summed E-state index contributed by atoms with van der Waals surface area (Å²) in [5.74, 6) is -1.23. The molecule has 0 heterocycles. The van der Waals surface area contributed by atoms with Crippen molar-refractivity contribution in [2.45, 2.75) is 36.0 Å². The molecule has 0 fully saturated rings. The number of rotatable bonds is 10. The first-order valence-electron chi connectivity index (χ1n) is 10.9. The van der Waals surface area contributed by atoms with Crippen LogP contribution in [-0.4, -0.2) is 24.4 Å². The number of amides is 2. The summed E-state index contributed by atoms with van der Waals surface area (Å²) in [6.45, 7) is 1.35. The van der Waals surface area contributed by atoms with Crippen LogP contribution in [0.25, 0.3) is 0 Å². The first-order chi connectivity index (χ1) is 17.2. The molecule has 0 saturated heterocycles. The van der Waals surface area contributed by atoms with Crippen molar-refractivity contribution in [3.63, 3.8) is 0 Å². The van der Waals surface area contributed by atoms with Gasteiger partial charge in [-0.15, -0.1) is 0 Å². The molecule has 0 atom stereocenters. The number of carbonyl (C=O) groups is 3. The van der Waals surface area contributed by atoms with E-state index < -0.39 is 18.5 Å². The fraction of sp³-hybridized carbons (Fsp3) is 0.192. The Labute approximate surface area is 232 Å². The minimum absolute atomic E-state index is 0.0283. The molecule has 10 heteroatoms. The van der Waals surface area contributed by atoms with Gasteiger partial charge < -0.3 is 15.4 Å². The van der Waals surface area contributed by atoms with Crippen molar-refractivity contribution in [2.75, 3.05) is 17.2 Å². The summed E-state index contributed by atoms with van der Waals surface area (Å²) in [5, 5.41) is 6.66. The van der Waals surface area contributed by atoms with E-state index in [-0.39, 0.29) is 18.7 Å². The van der Waals surface area contributed by atoms with Gasteiger partial charge in [-0.2, -0.15) is 0 Å². The molecule has 0 aliphatic carbocycles. The Bertz CT molecular complexity index is 1240. The fourth-order valence-corrected chi connectivity index (χ4v) is 4.59. The predicted molar refractivity (Wildman–Crippen MR) is 148 cm³/mol. The Morgan fingerprint density at radius 1 is 0.861 bits per heavy atom. The number of hydrogen-bond donors (Lipinski definition) is 2. The van der Waals surface area contributed by atoms with E-state index in [4.69, 9.17) is 27.9 Å². The summed E-state index contributed by atoms with van der Waals surface area (Å²) in [4.78, 5) is 38.3. The Hall–Kier alpha value is -2.52. The van der Waals surface area contributed by atoms with Crippen LogP contribution in [0.5, 0.6) is 0 Å². The number of nitrogens with one attached hydrogen (secondary N) is 2. The average molecular weight is 610 g/mol. The van der Waals surface area contributed by atoms with E-state index in [2.05, 4.69) is 26.6 Å². The lowest BCUT2D eigenvalue weighted by atomic mass is 10.2. The van der Waals surface area contributed by atoms with E-state index in [1.165, 1.54) is 0 Å². The van der Waals surface area contributed by atoms with Crippen molar-refractivity contribution in [1.82, 2.24) is 0 Å². The second-order valence-electron chi connectivity index (χ2n) is 7.72. The van der Waals surface area contributed by atoms with Gasteiger partial charge in [0.1, 0.15) is 0 Å². The topological polar surface area (TPSA) is 84.5 Å². The molecule has 188 valence electrons. The maximum atomic E-state index is 12.2. The Morgan fingerprint density at radius 3 is 2.17 bits per heavy atom. The molecule has 0 unspecified atom stereocenters. The molecule has 0 saturated carbocycles. The van der Waals surface area contributed by atoms with Crippen molar-refractivity contribution in [3.8, 4) is 0 Å². The number of anilines is 2. The summed E-state index contributed by atoms with van der Waals surface area (Å²) >= 11 is 17.0. The van der Waals surface area contributed by atoms with E-state index >= 15 is 0 Å². The SMILES string of the molecule is Cc1c(NC(=O)COC(=O)CCCC(=O)Nc2ccc(Sc3ccc(Cl)cc3)cc2)ccc(Br)c1Cl. The van der Waals surface area contributed by atoms with Crippen LogP contribution in [0.2, 0.25) is 10.0 Å². The molecule has 3 aromatic carbocycles. The highest BCUT2D eigenvalue weighted by atomic mass is 79.9. The van der Waals surface area contributed by atoms with Gasteiger partial charge in [0.15, 0.2) is 6.61 Å². The lowest BCUT2D eigenvalue weighted by molar-refractivity contribution is -0.147. The highest BCUT2D eigenvalue weighted by Crippen LogP contribution is 2.31. The molecule has 0 radical (unpaired) electrons. The number of benzene rings is 3. The quantitative estimate of drug-likeness (QED) is 0.232. The lowest BCUT2D eigenvalue weighted by Gasteiger charge is -2.11. The number of carbonyl (C=O) groups excluding carboxylic acids is 3. The van der Waals surface area contributed by atoms with Gasteiger partial charge >= 0.3 is 5.97 Å². The van der Waals surface area contributed by atoms with Crippen LogP contribution < -0.4 is 10.6 Å². The average Bonchev–Trinajstić information content (AvgIpc) is 2.86. The van der Waals surface area contributed by atoms with E-state index in [0.29, 0.717) is 33.4 Å². The molecule has 0 aliphatic rings. The molecule has 3 aromatic rings. The highest BCUT2D eigenvalue weighted by molar-refractivity contribution is 9.10. The van der Waals surface area contributed by atoms with Gasteiger partial charge in [-0.1, -0.05) is 35.0 Å². The molecule has 0 aliphatic heterocycles. The minimum atomic E-state index is -0.549. The van der Waals surface area contributed by atoms with Crippen LogP contribution in [0.3, 0.4) is 0 Å². The van der Waals surface area contributed by atoms with Crippen molar-refractivity contribution >= 4 is 80.1 Å².